The second kappa shape index (κ2) is 11.3. The number of hydrogen-bond acceptors (Lipinski definition) is 3. The molecule has 4 nitrogen and oxygen atoms in total. The van der Waals surface area contributed by atoms with Crippen LogP contribution in [-0.4, -0.2) is 18.5 Å². The van der Waals surface area contributed by atoms with E-state index in [1.165, 1.54) is 5.56 Å². The Hall–Kier alpha value is -1.46. The number of hydrogen-bond donors (Lipinski definition) is 3. The van der Waals surface area contributed by atoms with Crippen molar-refractivity contribution in [1.82, 2.24) is 5.32 Å². The molecular weight excluding hydrogens is 393 g/mol. The van der Waals surface area contributed by atoms with Crippen LogP contribution >= 0.6 is 36.4 Å². The number of rotatable bonds is 6. The molecule has 0 aliphatic carbocycles. The highest BCUT2D eigenvalue weighted by Gasteiger charge is 2.17. The van der Waals surface area contributed by atoms with Crippen LogP contribution in [0, 0.1) is 0 Å². The second-order valence-electron chi connectivity index (χ2n) is 6.08. The van der Waals surface area contributed by atoms with Crippen LogP contribution in [-0.2, 0) is 11.3 Å². The number of halogens is 3. The lowest BCUT2D eigenvalue weighted by Gasteiger charge is -2.13. The SMILES string of the molecule is Cl.Cl.O=C(CC1CCCN1)Nc1ccc(NCc2ccccc2)c(Cl)c1. The van der Waals surface area contributed by atoms with E-state index < -0.39 is 0 Å². The lowest BCUT2D eigenvalue weighted by molar-refractivity contribution is -0.116. The Bertz CT molecular complexity index is 692. The molecule has 1 unspecified atom stereocenters. The fraction of sp³-hybridized carbons (Fsp3) is 0.316. The summed E-state index contributed by atoms with van der Waals surface area (Å²) < 4.78 is 0. The van der Waals surface area contributed by atoms with Crippen LogP contribution in [0.3, 0.4) is 0 Å². The molecule has 0 spiro atoms. The minimum atomic E-state index is 0. The van der Waals surface area contributed by atoms with Gasteiger partial charge >= 0.3 is 0 Å². The second-order valence-corrected chi connectivity index (χ2v) is 6.49. The average molecular weight is 417 g/mol. The van der Waals surface area contributed by atoms with Crippen LogP contribution in [0.1, 0.15) is 24.8 Å². The predicted molar refractivity (Wildman–Crippen MR) is 114 cm³/mol. The minimum absolute atomic E-state index is 0. The molecule has 3 N–H and O–H groups in total. The third-order valence-corrected chi connectivity index (χ3v) is 4.49. The first-order valence-electron chi connectivity index (χ1n) is 8.31. The predicted octanol–water partition coefficient (Wildman–Crippen LogP) is 4.88. The fourth-order valence-electron chi connectivity index (χ4n) is 2.90. The van der Waals surface area contributed by atoms with E-state index in [9.17, 15) is 4.79 Å². The summed E-state index contributed by atoms with van der Waals surface area (Å²) in [7, 11) is 0. The topological polar surface area (TPSA) is 53.2 Å². The van der Waals surface area contributed by atoms with Crippen LogP contribution in [0.5, 0.6) is 0 Å². The molecule has 1 saturated heterocycles. The van der Waals surface area contributed by atoms with E-state index >= 15 is 0 Å². The zero-order valence-corrected chi connectivity index (χ0v) is 16.7. The zero-order chi connectivity index (χ0) is 16.8. The maximum Gasteiger partial charge on any atom is 0.225 e. The quantitative estimate of drug-likeness (QED) is 0.629. The monoisotopic (exact) mass is 415 g/mol. The molecule has 142 valence electrons. The minimum Gasteiger partial charge on any atom is -0.380 e. The molecule has 7 heteroatoms. The van der Waals surface area contributed by atoms with Crippen molar-refractivity contribution in [3.05, 3.63) is 59.1 Å². The molecule has 26 heavy (non-hydrogen) atoms. The summed E-state index contributed by atoms with van der Waals surface area (Å²) in [6, 6.07) is 16.0. The molecule has 1 heterocycles. The highest BCUT2D eigenvalue weighted by Crippen LogP contribution is 2.26. The Morgan fingerprint density at radius 2 is 1.92 bits per heavy atom. The first kappa shape index (κ1) is 22.6. The van der Waals surface area contributed by atoms with E-state index in [4.69, 9.17) is 11.6 Å². The van der Waals surface area contributed by atoms with Crippen LogP contribution < -0.4 is 16.0 Å². The van der Waals surface area contributed by atoms with Crippen LogP contribution in [0.15, 0.2) is 48.5 Å². The Morgan fingerprint density at radius 1 is 1.15 bits per heavy atom. The molecule has 2 aromatic rings. The highest BCUT2D eigenvalue weighted by molar-refractivity contribution is 6.33. The third kappa shape index (κ3) is 6.69. The smallest absolute Gasteiger partial charge is 0.225 e. The molecule has 1 fully saturated rings. The van der Waals surface area contributed by atoms with Crippen LogP contribution in [0.2, 0.25) is 5.02 Å². The summed E-state index contributed by atoms with van der Waals surface area (Å²) in [4.78, 5) is 12.1. The Balaban J connectivity index is 0.00000169. The molecule has 0 saturated carbocycles. The molecule has 3 rings (SSSR count). The van der Waals surface area contributed by atoms with Crippen molar-refractivity contribution in [2.75, 3.05) is 17.2 Å². The van der Waals surface area contributed by atoms with Gasteiger partial charge in [0.25, 0.3) is 0 Å². The van der Waals surface area contributed by atoms with E-state index in [1.807, 2.05) is 30.3 Å². The molecule has 2 aromatic carbocycles. The average Bonchev–Trinajstić information content (AvgIpc) is 3.08. The van der Waals surface area contributed by atoms with Gasteiger partial charge in [-0.15, -0.1) is 24.8 Å². The number of carbonyl (C=O) groups is 1. The molecule has 1 amide bonds. The van der Waals surface area contributed by atoms with Gasteiger partial charge in [-0.25, -0.2) is 0 Å². The van der Waals surface area contributed by atoms with Crippen LogP contribution in [0.4, 0.5) is 11.4 Å². The van der Waals surface area contributed by atoms with Gasteiger partial charge in [0.1, 0.15) is 0 Å². The Labute approximate surface area is 171 Å². The molecule has 1 aliphatic rings. The van der Waals surface area contributed by atoms with Gasteiger partial charge in [0.15, 0.2) is 0 Å². The Morgan fingerprint density at radius 3 is 2.58 bits per heavy atom. The van der Waals surface area contributed by atoms with Gasteiger partial charge < -0.3 is 16.0 Å². The summed E-state index contributed by atoms with van der Waals surface area (Å²) in [5.74, 6) is 0.0236. The summed E-state index contributed by atoms with van der Waals surface area (Å²) in [6.45, 7) is 1.71. The van der Waals surface area contributed by atoms with E-state index in [-0.39, 0.29) is 30.7 Å². The molecule has 0 radical (unpaired) electrons. The van der Waals surface area contributed by atoms with Crippen molar-refractivity contribution < 1.29 is 4.79 Å². The van der Waals surface area contributed by atoms with Crippen molar-refractivity contribution in [3.8, 4) is 0 Å². The van der Waals surface area contributed by atoms with Crippen molar-refractivity contribution in [3.63, 3.8) is 0 Å². The molecule has 1 aliphatic heterocycles. The van der Waals surface area contributed by atoms with E-state index in [0.29, 0.717) is 24.0 Å². The normalized spacial score (nSPS) is 15.5. The van der Waals surface area contributed by atoms with E-state index in [2.05, 4.69) is 28.1 Å². The van der Waals surface area contributed by atoms with Gasteiger partial charge in [-0.05, 0) is 43.1 Å². The van der Waals surface area contributed by atoms with Gasteiger partial charge in [-0.2, -0.15) is 0 Å². The largest absolute Gasteiger partial charge is 0.380 e. The lowest BCUT2D eigenvalue weighted by atomic mass is 10.1. The van der Waals surface area contributed by atoms with Gasteiger partial charge in [0.2, 0.25) is 5.91 Å². The first-order valence-corrected chi connectivity index (χ1v) is 8.69. The Kier molecular flexibility index (Phi) is 9.81. The van der Waals surface area contributed by atoms with E-state index in [1.54, 1.807) is 6.07 Å². The molecule has 1 atom stereocenters. The first-order chi connectivity index (χ1) is 11.7. The fourth-order valence-corrected chi connectivity index (χ4v) is 3.14. The summed E-state index contributed by atoms with van der Waals surface area (Å²) in [5.41, 5.74) is 2.78. The molecule has 0 bridgehead atoms. The number of carbonyl (C=O) groups excluding carboxylic acids is 1. The standard InChI is InChI=1S/C19H22ClN3O.2ClH/c20-17-11-16(23-19(24)12-15-7-4-10-21-15)8-9-18(17)22-13-14-5-2-1-3-6-14;;/h1-3,5-6,8-9,11,15,21-22H,4,7,10,12-13H2,(H,23,24);2*1H. The van der Waals surface area contributed by atoms with Gasteiger partial charge in [0.05, 0.1) is 10.7 Å². The summed E-state index contributed by atoms with van der Waals surface area (Å²) in [6.07, 6.45) is 2.72. The van der Waals surface area contributed by atoms with Crippen molar-refractivity contribution in [2.45, 2.75) is 31.8 Å². The van der Waals surface area contributed by atoms with Crippen molar-refractivity contribution >= 4 is 53.7 Å². The van der Waals surface area contributed by atoms with E-state index in [0.717, 1.165) is 30.8 Å². The highest BCUT2D eigenvalue weighted by atomic mass is 35.5. The van der Waals surface area contributed by atoms with Gasteiger partial charge in [0, 0.05) is 24.7 Å². The van der Waals surface area contributed by atoms with Crippen molar-refractivity contribution in [1.29, 1.82) is 0 Å². The molecular formula is C19H24Cl3N3O. The maximum absolute atomic E-state index is 12.1. The number of nitrogens with one attached hydrogen (secondary N) is 3. The van der Waals surface area contributed by atoms with Crippen molar-refractivity contribution in [2.24, 2.45) is 0 Å². The van der Waals surface area contributed by atoms with Gasteiger partial charge in [-0.3, -0.25) is 4.79 Å². The number of benzene rings is 2. The summed E-state index contributed by atoms with van der Waals surface area (Å²) >= 11 is 6.32. The maximum atomic E-state index is 12.1. The van der Waals surface area contributed by atoms with Gasteiger partial charge in [-0.1, -0.05) is 41.9 Å². The van der Waals surface area contributed by atoms with Crippen LogP contribution in [0.25, 0.3) is 0 Å². The number of amides is 1. The third-order valence-electron chi connectivity index (χ3n) is 4.17. The molecule has 0 aromatic heterocycles. The zero-order valence-electron chi connectivity index (χ0n) is 14.3. The summed E-state index contributed by atoms with van der Waals surface area (Å²) in [5, 5.41) is 10.2. The number of anilines is 2. The lowest BCUT2D eigenvalue weighted by Crippen LogP contribution is -2.27.